The van der Waals surface area contributed by atoms with Crippen molar-refractivity contribution in [1.82, 2.24) is 0 Å². The first-order chi connectivity index (χ1) is 7.41. The summed E-state index contributed by atoms with van der Waals surface area (Å²) >= 11 is 11.8. The van der Waals surface area contributed by atoms with Gasteiger partial charge < -0.3 is 4.74 Å². The van der Waals surface area contributed by atoms with Crippen molar-refractivity contribution >= 4 is 29.0 Å². The van der Waals surface area contributed by atoms with Crippen LogP contribution >= 0.6 is 23.2 Å². The molecule has 1 unspecified atom stereocenters. The first kappa shape index (κ1) is 11.7. The Kier molecular flexibility index (Phi) is 2.89. The second-order valence-electron chi connectivity index (χ2n) is 4.53. The predicted molar refractivity (Wildman–Crippen MR) is 64.3 cm³/mol. The minimum Gasteiger partial charge on any atom is -0.487 e. The van der Waals surface area contributed by atoms with Gasteiger partial charge in [-0.2, -0.15) is 0 Å². The summed E-state index contributed by atoms with van der Waals surface area (Å²) < 4.78 is 5.71. The zero-order valence-electron chi connectivity index (χ0n) is 9.09. The van der Waals surface area contributed by atoms with E-state index in [4.69, 9.17) is 27.9 Å². The van der Waals surface area contributed by atoms with Gasteiger partial charge in [-0.3, -0.25) is 4.79 Å². The van der Waals surface area contributed by atoms with E-state index in [9.17, 15) is 4.79 Å². The Morgan fingerprint density at radius 2 is 2.06 bits per heavy atom. The normalized spacial score (nSPS) is 22.8. The van der Waals surface area contributed by atoms with Gasteiger partial charge >= 0.3 is 0 Å². The molecule has 1 aromatic carbocycles. The maximum atomic E-state index is 11.4. The molecule has 2 rings (SSSR count). The van der Waals surface area contributed by atoms with Crippen molar-refractivity contribution in [2.24, 2.45) is 5.41 Å². The Labute approximate surface area is 104 Å². The third kappa shape index (κ3) is 1.92. The number of hydrogen-bond acceptors (Lipinski definition) is 2. The van der Waals surface area contributed by atoms with Gasteiger partial charge in [-0.1, -0.05) is 23.2 Å². The van der Waals surface area contributed by atoms with E-state index in [2.05, 4.69) is 0 Å². The van der Waals surface area contributed by atoms with Crippen molar-refractivity contribution in [2.45, 2.75) is 26.4 Å². The number of ether oxygens (including phenoxy) is 1. The van der Waals surface area contributed by atoms with E-state index >= 15 is 0 Å². The average Bonchev–Trinajstić information content (AvgIpc) is 2.23. The van der Waals surface area contributed by atoms with E-state index in [0.717, 1.165) is 0 Å². The van der Waals surface area contributed by atoms with E-state index in [0.29, 0.717) is 22.2 Å². The lowest BCUT2D eigenvalue weighted by Gasteiger charge is -2.42. The van der Waals surface area contributed by atoms with Gasteiger partial charge in [-0.25, -0.2) is 0 Å². The largest absolute Gasteiger partial charge is 0.487 e. The van der Waals surface area contributed by atoms with E-state index in [1.165, 1.54) is 0 Å². The number of benzene rings is 1. The summed E-state index contributed by atoms with van der Waals surface area (Å²) in [6.07, 6.45) is 0.325. The standard InChI is InChI=1S/C12H12Cl2O2/c1-12(2)10(15)6-11(12)16-9-5-7(13)3-4-8(9)14/h3-5,11H,6H2,1-2H3. The minimum absolute atomic E-state index is 0.115. The third-order valence-electron chi connectivity index (χ3n) is 3.06. The molecule has 0 radical (unpaired) electrons. The molecule has 16 heavy (non-hydrogen) atoms. The first-order valence-electron chi connectivity index (χ1n) is 5.06. The van der Waals surface area contributed by atoms with Crippen molar-refractivity contribution in [3.63, 3.8) is 0 Å². The highest BCUT2D eigenvalue weighted by Gasteiger charge is 2.49. The summed E-state index contributed by atoms with van der Waals surface area (Å²) in [5.41, 5.74) is -0.425. The second-order valence-corrected chi connectivity index (χ2v) is 5.37. The molecule has 0 bridgehead atoms. The maximum absolute atomic E-state index is 11.4. The van der Waals surface area contributed by atoms with Crippen LogP contribution in [0.25, 0.3) is 0 Å². The van der Waals surface area contributed by atoms with Crippen LogP contribution in [0.4, 0.5) is 0 Å². The molecule has 1 aliphatic carbocycles. The van der Waals surface area contributed by atoms with E-state index in [1.807, 2.05) is 13.8 Å². The van der Waals surface area contributed by atoms with Crippen LogP contribution in [0.5, 0.6) is 5.75 Å². The van der Waals surface area contributed by atoms with Crippen molar-refractivity contribution in [3.8, 4) is 5.75 Å². The van der Waals surface area contributed by atoms with Gasteiger partial charge in [0, 0.05) is 17.5 Å². The number of hydrogen-bond donors (Lipinski definition) is 0. The summed E-state index contributed by atoms with van der Waals surface area (Å²) in [5.74, 6) is 0.760. The number of rotatable bonds is 2. The molecule has 1 aliphatic rings. The summed E-state index contributed by atoms with van der Waals surface area (Å²) in [5, 5.41) is 1.09. The van der Waals surface area contributed by atoms with Crippen molar-refractivity contribution < 1.29 is 9.53 Å². The van der Waals surface area contributed by atoms with Gasteiger partial charge in [0.2, 0.25) is 0 Å². The Bertz CT molecular complexity index is 441. The Hall–Kier alpha value is -0.730. The molecule has 0 saturated heterocycles. The van der Waals surface area contributed by atoms with Gasteiger partial charge in [0.05, 0.1) is 10.4 Å². The predicted octanol–water partition coefficient (Wildman–Crippen LogP) is 3.74. The lowest BCUT2D eigenvalue weighted by atomic mass is 9.68. The fraction of sp³-hybridized carbons (Fsp3) is 0.417. The molecule has 86 valence electrons. The number of carbonyl (C=O) groups excluding carboxylic acids is 1. The molecular weight excluding hydrogens is 247 g/mol. The molecule has 2 nitrogen and oxygen atoms in total. The molecule has 4 heteroatoms. The Morgan fingerprint density at radius 3 is 2.62 bits per heavy atom. The highest BCUT2D eigenvalue weighted by Crippen LogP contribution is 2.41. The summed E-state index contributed by atoms with van der Waals surface area (Å²) in [6.45, 7) is 3.75. The van der Waals surface area contributed by atoms with Gasteiger partial charge in [0.25, 0.3) is 0 Å². The second kappa shape index (κ2) is 3.94. The van der Waals surface area contributed by atoms with Crippen LogP contribution in [0, 0.1) is 5.41 Å². The summed E-state index contributed by atoms with van der Waals surface area (Å²) in [7, 11) is 0. The van der Waals surface area contributed by atoms with Crippen molar-refractivity contribution in [3.05, 3.63) is 28.2 Å². The molecule has 0 aromatic heterocycles. The highest BCUT2D eigenvalue weighted by atomic mass is 35.5. The molecule has 1 saturated carbocycles. The Balaban J connectivity index is 2.16. The minimum atomic E-state index is -0.425. The average molecular weight is 259 g/mol. The van der Waals surface area contributed by atoms with E-state index in [1.54, 1.807) is 18.2 Å². The topological polar surface area (TPSA) is 26.3 Å². The first-order valence-corrected chi connectivity index (χ1v) is 5.82. The molecule has 0 heterocycles. The van der Waals surface area contributed by atoms with Crippen LogP contribution in [0.3, 0.4) is 0 Å². The SMILES string of the molecule is CC1(C)C(=O)CC1Oc1cc(Cl)ccc1Cl. The monoisotopic (exact) mass is 258 g/mol. The highest BCUT2D eigenvalue weighted by molar-refractivity contribution is 6.34. The van der Waals surface area contributed by atoms with E-state index < -0.39 is 5.41 Å². The van der Waals surface area contributed by atoms with Crippen LogP contribution in [0.2, 0.25) is 10.0 Å². The van der Waals surface area contributed by atoms with E-state index in [-0.39, 0.29) is 11.9 Å². The molecule has 0 spiro atoms. The van der Waals surface area contributed by atoms with Crippen LogP contribution in [0.1, 0.15) is 20.3 Å². The number of ketones is 1. The van der Waals surface area contributed by atoms with Gasteiger partial charge in [-0.05, 0) is 26.0 Å². The lowest BCUT2D eigenvalue weighted by Crippen LogP contribution is -2.53. The number of halogens is 2. The molecule has 0 N–H and O–H groups in total. The summed E-state index contributed by atoms with van der Waals surface area (Å²) in [4.78, 5) is 11.4. The van der Waals surface area contributed by atoms with Crippen LogP contribution in [-0.4, -0.2) is 11.9 Å². The zero-order valence-corrected chi connectivity index (χ0v) is 10.6. The molecule has 0 aliphatic heterocycles. The van der Waals surface area contributed by atoms with Gasteiger partial charge in [-0.15, -0.1) is 0 Å². The molecule has 1 atom stereocenters. The fourth-order valence-corrected chi connectivity index (χ4v) is 1.97. The van der Waals surface area contributed by atoms with Crippen molar-refractivity contribution in [2.75, 3.05) is 0 Å². The number of carbonyl (C=O) groups is 1. The van der Waals surface area contributed by atoms with Gasteiger partial charge in [0.15, 0.2) is 0 Å². The van der Waals surface area contributed by atoms with Crippen LogP contribution in [0.15, 0.2) is 18.2 Å². The molecule has 1 fully saturated rings. The molecule has 0 amide bonds. The quantitative estimate of drug-likeness (QED) is 0.808. The smallest absolute Gasteiger partial charge is 0.145 e. The van der Waals surface area contributed by atoms with Crippen molar-refractivity contribution in [1.29, 1.82) is 0 Å². The van der Waals surface area contributed by atoms with Crippen LogP contribution in [-0.2, 0) is 4.79 Å². The van der Waals surface area contributed by atoms with Gasteiger partial charge in [0.1, 0.15) is 17.6 Å². The zero-order chi connectivity index (χ0) is 11.9. The molecule has 1 aromatic rings. The fourth-order valence-electron chi connectivity index (χ4n) is 1.64. The maximum Gasteiger partial charge on any atom is 0.145 e. The molecular formula is C12H12Cl2O2. The van der Waals surface area contributed by atoms with Crippen LogP contribution < -0.4 is 4.74 Å². The number of Topliss-reactive ketones (excluding diaryl/α,β-unsaturated/α-hetero) is 1. The summed E-state index contributed by atoms with van der Waals surface area (Å²) in [6, 6.07) is 5.06. The Morgan fingerprint density at radius 1 is 1.38 bits per heavy atom. The lowest BCUT2D eigenvalue weighted by molar-refractivity contribution is -0.148. The third-order valence-corrected chi connectivity index (χ3v) is 3.60.